The van der Waals surface area contributed by atoms with Crippen LogP contribution in [0.3, 0.4) is 0 Å². The van der Waals surface area contributed by atoms with Crippen molar-refractivity contribution in [3.8, 4) is 0 Å². The molecular formula is C10H16FN3O4S2. The van der Waals surface area contributed by atoms with Crippen molar-refractivity contribution in [2.24, 2.45) is 11.1 Å². The number of halogens is 1. The average Bonchev–Trinajstić information content (AvgIpc) is 2.24. The normalized spacial score (nSPS) is 12.7. The van der Waals surface area contributed by atoms with Gasteiger partial charge in [-0.1, -0.05) is 13.8 Å². The number of anilines is 1. The summed E-state index contributed by atoms with van der Waals surface area (Å²) in [4.78, 5) is -0.506. The van der Waals surface area contributed by atoms with Crippen molar-refractivity contribution in [2.45, 2.75) is 18.7 Å². The van der Waals surface area contributed by atoms with Crippen molar-refractivity contribution in [1.82, 2.24) is 4.72 Å². The molecule has 10 heteroatoms. The van der Waals surface area contributed by atoms with E-state index in [0.717, 1.165) is 18.2 Å². The first-order valence-corrected chi connectivity index (χ1v) is 8.64. The summed E-state index contributed by atoms with van der Waals surface area (Å²) >= 11 is 0. The molecule has 7 nitrogen and oxygen atoms in total. The van der Waals surface area contributed by atoms with Crippen LogP contribution in [0.1, 0.15) is 13.8 Å². The summed E-state index contributed by atoms with van der Waals surface area (Å²) in [6, 6.07) is 2.51. The standard InChI is InChI=1S/C10H16FN3O4S2/c1-7(2)6-13-20(17,18)14-9-5-8(11)3-4-10(9)19(12,15)16/h3-5,7,13-14H,6H2,1-2H3,(H2,12,15,16). The van der Waals surface area contributed by atoms with E-state index in [-0.39, 0.29) is 12.5 Å². The van der Waals surface area contributed by atoms with Crippen LogP contribution in [0, 0.1) is 11.7 Å². The van der Waals surface area contributed by atoms with Gasteiger partial charge in [0.1, 0.15) is 10.7 Å². The topological polar surface area (TPSA) is 118 Å². The van der Waals surface area contributed by atoms with Crippen LogP contribution in [0.2, 0.25) is 0 Å². The number of hydrogen-bond donors (Lipinski definition) is 3. The zero-order valence-corrected chi connectivity index (χ0v) is 12.6. The molecule has 4 N–H and O–H groups in total. The monoisotopic (exact) mass is 325 g/mol. The fourth-order valence-electron chi connectivity index (χ4n) is 1.29. The summed E-state index contributed by atoms with van der Waals surface area (Å²) < 4.78 is 63.4. The van der Waals surface area contributed by atoms with Crippen LogP contribution in [0.4, 0.5) is 10.1 Å². The van der Waals surface area contributed by atoms with Gasteiger partial charge in [-0.05, 0) is 24.1 Å². The Balaban J connectivity index is 3.11. The fraction of sp³-hybridized carbons (Fsp3) is 0.400. The van der Waals surface area contributed by atoms with Crippen molar-refractivity contribution in [3.63, 3.8) is 0 Å². The van der Waals surface area contributed by atoms with Gasteiger partial charge >= 0.3 is 0 Å². The molecule has 0 amide bonds. The van der Waals surface area contributed by atoms with E-state index in [0.29, 0.717) is 0 Å². The summed E-state index contributed by atoms with van der Waals surface area (Å²) in [6.45, 7) is 3.73. The Labute approximate surface area is 117 Å². The number of benzene rings is 1. The molecule has 20 heavy (non-hydrogen) atoms. The first-order valence-electron chi connectivity index (χ1n) is 5.61. The second-order valence-corrected chi connectivity index (χ2v) is 7.56. The molecule has 0 saturated heterocycles. The van der Waals surface area contributed by atoms with E-state index in [4.69, 9.17) is 5.14 Å². The van der Waals surface area contributed by atoms with Gasteiger partial charge in [-0.15, -0.1) is 0 Å². The summed E-state index contributed by atoms with van der Waals surface area (Å²) in [5.74, 6) is -0.740. The summed E-state index contributed by atoms with van der Waals surface area (Å²) in [6.07, 6.45) is 0. The lowest BCUT2D eigenvalue weighted by atomic mass is 10.2. The molecule has 114 valence electrons. The van der Waals surface area contributed by atoms with E-state index in [9.17, 15) is 21.2 Å². The molecule has 0 radical (unpaired) electrons. The average molecular weight is 325 g/mol. The van der Waals surface area contributed by atoms with Crippen LogP contribution in [-0.4, -0.2) is 23.4 Å². The Morgan fingerprint density at radius 3 is 2.35 bits per heavy atom. The molecule has 0 bridgehead atoms. The number of nitrogens with one attached hydrogen (secondary N) is 2. The molecule has 0 aliphatic heterocycles. The molecule has 0 aliphatic rings. The van der Waals surface area contributed by atoms with Crippen LogP contribution < -0.4 is 14.6 Å². The highest BCUT2D eigenvalue weighted by Gasteiger charge is 2.19. The minimum absolute atomic E-state index is 0.0526. The molecule has 0 heterocycles. The van der Waals surface area contributed by atoms with Gasteiger partial charge in [0.05, 0.1) is 5.69 Å². The lowest BCUT2D eigenvalue weighted by molar-refractivity contribution is 0.564. The molecule has 0 fully saturated rings. The molecule has 0 saturated carbocycles. The first kappa shape index (κ1) is 16.8. The highest BCUT2D eigenvalue weighted by Crippen LogP contribution is 2.22. The van der Waals surface area contributed by atoms with Gasteiger partial charge in [0.25, 0.3) is 10.2 Å². The predicted octanol–water partition coefficient (Wildman–Crippen LogP) is 0.375. The maximum absolute atomic E-state index is 13.1. The lowest BCUT2D eigenvalue weighted by Crippen LogP contribution is -2.33. The Hall–Kier alpha value is -1.23. The number of nitrogens with two attached hydrogens (primary N) is 1. The Morgan fingerprint density at radius 2 is 1.85 bits per heavy atom. The van der Waals surface area contributed by atoms with Crippen LogP contribution >= 0.6 is 0 Å². The van der Waals surface area contributed by atoms with E-state index in [1.165, 1.54) is 0 Å². The van der Waals surface area contributed by atoms with Crippen molar-refractivity contribution < 1.29 is 21.2 Å². The van der Waals surface area contributed by atoms with Gasteiger partial charge in [0.15, 0.2) is 0 Å². The van der Waals surface area contributed by atoms with E-state index in [2.05, 4.69) is 4.72 Å². The second-order valence-electron chi connectivity index (χ2n) is 4.53. The highest BCUT2D eigenvalue weighted by molar-refractivity contribution is 7.91. The van der Waals surface area contributed by atoms with Gasteiger partial charge in [0.2, 0.25) is 10.0 Å². The van der Waals surface area contributed by atoms with Crippen LogP contribution in [0.25, 0.3) is 0 Å². The molecule has 1 aromatic carbocycles. The minimum atomic E-state index is -4.18. The summed E-state index contributed by atoms with van der Waals surface area (Å²) in [7, 11) is -8.19. The molecule has 0 aromatic heterocycles. The van der Waals surface area contributed by atoms with Gasteiger partial charge in [-0.3, -0.25) is 4.72 Å². The van der Waals surface area contributed by atoms with Crippen molar-refractivity contribution in [3.05, 3.63) is 24.0 Å². The van der Waals surface area contributed by atoms with Gasteiger partial charge in [-0.25, -0.2) is 17.9 Å². The Bertz CT molecular complexity index is 686. The Kier molecular flexibility index (Phi) is 5.08. The lowest BCUT2D eigenvalue weighted by Gasteiger charge is -2.13. The zero-order valence-electron chi connectivity index (χ0n) is 10.9. The third kappa shape index (κ3) is 5.04. The third-order valence-electron chi connectivity index (χ3n) is 2.17. The quantitative estimate of drug-likeness (QED) is 0.700. The third-order valence-corrected chi connectivity index (χ3v) is 4.18. The maximum atomic E-state index is 13.1. The maximum Gasteiger partial charge on any atom is 0.299 e. The van der Waals surface area contributed by atoms with Gasteiger partial charge in [-0.2, -0.15) is 13.1 Å². The smallest absolute Gasteiger partial charge is 0.270 e. The molecule has 1 rings (SSSR count). The van der Waals surface area contributed by atoms with Crippen LogP contribution in [0.15, 0.2) is 23.1 Å². The predicted molar refractivity (Wildman–Crippen MR) is 73.2 cm³/mol. The molecular weight excluding hydrogens is 309 g/mol. The summed E-state index contributed by atoms with van der Waals surface area (Å²) in [5, 5.41) is 4.94. The van der Waals surface area contributed by atoms with Gasteiger partial charge in [0, 0.05) is 6.54 Å². The minimum Gasteiger partial charge on any atom is -0.270 e. The Morgan fingerprint density at radius 1 is 1.25 bits per heavy atom. The number of primary sulfonamides is 1. The van der Waals surface area contributed by atoms with E-state index in [1.807, 2.05) is 4.72 Å². The SMILES string of the molecule is CC(C)CNS(=O)(=O)Nc1cc(F)ccc1S(N)(=O)=O. The first-order chi connectivity index (χ1) is 9.01. The van der Waals surface area contributed by atoms with E-state index >= 15 is 0 Å². The zero-order chi connectivity index (χ0) is 15.6. The second kappa shape index (κ2) is 6.04. The number of sulfonamides is 1. The molecule has 0 atom stereocenters. The van der Waals surface area contributed by atoms with Crippen LogP contribution in [0.5, 0.6) is 0 Å². The van der Waals surface area contributed by atoms with Crippen molar-refractivity contribution >= 4 is 25.9 Å². The fourth-order valence-corrected chi connectivity index (χ4v) is 3.11. The number of rotatable bonds is 6. The van der Waals surface area contributed by atoms with Crippen LogP contribution in [-0.2, 0) is 20.2 Å². The van der Waals surface area contributed by atoms with Crippen molar-refractivity contribution in [1.29, 1.82) is 0 Å². The van der Waals surface area contributed by atoms with E-state index < -0.39 is 36.6 Å². The molecule has 0 unspecified atom stereocenters. The summed E-state index contributed by atoms with van der Waals surface area (Å²) in [5.41, 5.74) is -0.441. The van der Waals surface area contributed by atoms with Crippen molar-refractivity contribution in [2.75, 3.05) is 11.3 Å². The van der Waals surface area contributed by atoms with Gasteiger partial charge < -0.3 is 0 Å². The molecule has 0 aliphatic carbocycles. The highest BCUT2D eigenvalue weighted by atomic mass is 32.2. The van der Waals surface area contributed by atoms with E-state index in [1.54, 1.807) is 13.8 Å². The largest absolute Gasteiger partial charge is 0.299 e. The molecule has 1 aromatic rings. The molecule has 0 spiro atoms. The number of hydrogen-bond acceptors (Lipinski definition) is 4.